The van der Waals surface area contributed by atoms with E-state index >= 15 is 0 Å². The summed E-state index contributed by atoms with van der Waals surface area (Å²) >= 11 is 12.3. The van der Waals surface area contributed by atoms with Gasteiger partial charge in [0.1, 0.15) is 0 Å². The van der Waals surface area contributed by atoms with Crippen LogP contribution < -0.4 is 11.1 Å². The van der Waals surface area contributed by atoms with E-state index in [1.54, 1.807) is 17.0 Å². The molecular formula is C32H34Cl2N4O3. The van der Waals surface area contributed by atoms with Gasteiger partial charge in [0.25, 0.3) is 11.8 Å². The molecule has 1 saturated carbocycles. The lowest BCUT2D eigenvalue weighted by Gasteiger charge is -2.33. The number of nitrogens with two attached hydrogens (primary N) is 1. The van der Waals surface area contributed by atoms with Crippen LogP contribution in [-0.2, 0) is 22.7 Å². The van der Waals surface area contributed by atoms with Gasteiger partial charge >= 0.3 is 0 Å². The van der Waals surface area contributed by atoms with Crippen molar-refractivity contribution in [1.82, 2.24) is 15.1 Å². The van der Waals surface area contributed by atoms with Crippen molar-refractivity contribution < 1.29 is 14.4 Å². The molecule has 0 radical (unpaired) electrons. The highest BCUT2D eigenvalue weighted by atomic mass is 35.5. The Morgan fingerprint density at radius 3 is 2.27 bits per heavy atom. The minimum absolute atomic E-state index is 0.127. The lowest BCUT2D eigenvalue weighted by molar-refractivity contribution is -0.143. The summed E-state index contributed by atoms with van der Waals surface area (Å²) in [6.07, 6.45) is 2.97. The van der Waals surface area contributed by atoms with Crippen LogP contribution in [0.15, 0.2) is 72.8 Å². The van der Waals surface area contributed by atoms with Gasteiger partial charge in [0, 0.05) is 31.7 Å². The molecule has 7 nitrogen and oxygen atoms in total. The Morgan fingerprint density at radius 1 is 0.854 bits per heavy atom. The van der Waals surface area contributed by atoms with Crippen LogP contribution in [0.3, 0.4) is 0 Å². The fourth-order valence-corrected chi connectivity index (χ4v) is 6.34. The summed E-state index contributed by atoms with van der Waals surface area (Å²) < 4.78 is 0. The zero-order valence-electron chi connectivity index (χ0n) is 22.8. The lowest BCUT2D eigenvalue weighted by Crippen LogP contribution is -2.54. The van der Waals surface area contributed by atoms with Crippen LogP contribution in [0.1, 0.15) is 58.6 Å². The predicted molar refractivity (Wildman–Crippen MR) is 160 cm³/mol. The highest BCUT2D eigenvalue weighted by Crippen LogP contribution is 2.39. The fourth-order valence-electron chi connectivity index (χ4n) is 6.04. The quantitative estimate of drug-likeness (QED) is 0.368. The number of carbonyl (C=O) groups is 3. The van der Waals surface area contributed by atoms with E-state index in [0.717, 1.165) is 42.4 Å². The Kier molecular flexibility index (Phi) is 9.28. The van der Waals surface area contributed by atoms with E-state index in [0.29, 0.717) is 17.1 Å². The normalized spacial score (nSPS) is 18.0. The Hall–Kier alpha value is -3.39. The highest BCUT2D eigenvalue weighted by molar-refractivity contribution is 6.42. The number of hydrogen-bond donors (Lipinski definition) is 2. The van der Waals surface area contributed by atoms with Gasteiger partial charge in [-0.1, -0.05) is 90.6 Å². The first-order valence-corrected chi connectivity index (χ1v) is 14.8. The number of nitrogens with one attached hydrogen (secondary N) is 1. The molecule has 3 aromatic rings. The van der Waals surface area contributed by atoms with Gasteiger partial charge in [-0.25, -0.2) is 0 Å². The minimum Gasteiger partial charge on any atom is -0.349 e. The molecule has 214 valence electrons. The third-order valence-corrected chi connectivity index (χ3v) is 8.85. The van der Waals surface area contributed by atoms with Gasteiger partial charge in [0.15, 0.2) is 6.17 Å². The summed E-state index contributed by atoms with van der Waals surface area (Å²) in [6.45, 7) is 1.10. The van der Waals surface area contributed by atoms with Crippen molar-refractivity contribution in [3.63, 3.8) is 0 Å². The molecule has 1 saturated heterocycles. The van der Waals surface area contributed by atoms with Crippen LogP contribution in [0.4, 0.5) is 0 Å². The zero-order valence-corrected chi connectivity index (χ0v) is 24.3. The summed E-state index contributed by atoms with van der Waals surface area (Å²) in [5, 5.41) is 3.54. The first-order chi connectivity index (χ1) is 19.9. The molecule has 1 aliphatic carbocycles. The maximum absolute atomic E-state index is 14.4. The van der Waals surface area contributed by atoms with E-state index in [1.807, 2.05) is 54.6 Å². The summed E-state index contributed by atoms with van der Waals surface area (Å²) in [6, 6.07) is 22.1. The van der Waals surface area contributed by atoms with E-state index in [4.69, 9.17) is 28.9 Å². The maximum Gasteiger partial charge on any atom is 0.264 e. The number of carbonyl (C=O) groups excluding carboxylic acids is 3. The number of amides is 3. The maximum atomic E-state index is 14.4. The van der Waals surface area contributed by atoms with Crippen LogP contribution >= 0.6 is 23.2 Å². The van der Waals surface area contributed by atoms with Crippen molar-refractivity contribution in [3.05, 3.63) is 105 Å². The number of hydrogen-bond acceptors (Lipinski definition) is 4. The predicted octanol–water partition coefficient (Wildman–Crippen LogP) is 5.35. The second-order valence-corrected chi connectivity index (χ2v) is 11.5. The van der Waals surface area contributed by atoms with Gasteiger partial charge in [0.05, 0.1) is 16.0 Å². The van der Waals surface area contributed by atoms with Crippen LogP contribution in [0.25, 0.3) is 0 Å². The third kappa shape index (κ3) is 6.43. The Morgan fingerprint density at radius 2 is 1.56 bits per heavy atom. The molecule has 1 heterocycles. The van der Waals surface area contributed by atoms with Crippen molar-refractivity contribution >= 4 is 40.9 Å². The van der Waals surface area contributed by atoms with Crippen LogP contribution in [-0.4, -0.2) is 46.8 Å². The molecular weight excluding hydrogens is 559 g/mol. The smallest absolute Gasteiger partial charge is 0.264 e. The van der Waals surface area contributed by atoms with Gasteiger partial charge in [-0.3, -0.25) is 14.4 Å². The Balaban J connectivity index is 1.46. The van der Waals surface area contributed by atoms with Crippen molar-refractivity contribution in [2.45, 2.75) is 50.9 Å². The van der Waals surface area contributed by atoms with E-state index < -0.39 is 12.1 Å². The number of nitrogens with zero attached hydrogens (tertiary/aromatic N) is 2. The summed E-state index contributed by atoms with van der Waals surface area (Å²) in [5.41, 5.74) is 8.87. The third-order valence-electron chi connectivity index (χ3n) is 8.11. The Labute approximate surface area is 250 Å². The number of benzene rings is 3. The minimum atomic E-state index is -1.10. The molecule has 0 aromatic heterocycles. The molecule has 2 fully saturated rings. The Bertz CT molecular complexity index is 1410. The van der Waals surface area contributed by atoms with Gasteiger partial charge in [-0.15, -0.1) is 0 Å². The van der Waals surface area contributed by atoms with Gasteiger partial charge in [-0.05, 0) is 53.6 Å². The zero-order chi connectivity index (χ0) is 28.9. The molecule has 0 bridgehead atoms. The summed E-state index contributed by atoms with van der Waals surface area (Å²) in [5.74, 6) is -1.12. The average Bonchev–Trinajstić information content (AvgIpc) is 3.69. The fraction of sp³-hybridized carbons (Fsp3) is 0.344. The summed E-state index contributed by atoms with van der Waals surface area (Å²) in [7, 11) is 0. The largest absolute Gasteiger partial charge is 0.349 e. The molecule has 3 amide bonds. The van der Waals surface area contributed by atoms with Crippen molar-refractivity contribution in [3.8, 4) is 0 Å². The molecule has 2 aliphatic rings. The average molecular weight is 594 g/mol. The van der Waals surface area contributed by atoms with Gasteiger partial charge in [0.2, 0.25) is 5.91 Å². The second-order valence-electron chi connectivity index (χ2n) is 10.7. The molecule has 1 aliphatic heterocycles. The molecule has 3 aromatic carbocycles. The number of halogens is 2. The second kappa shape index (κ2) is 13.1. The molecule has 5 rings (SSSR count). The van der Waals surface area contributed by atoms with Crippen molar-refractivity contribution in [2.75, 3.05) is 13.1 Å². The van der Waals surface area contributed by atoms with E-state index in [-0.39, 0.29) is 48.3 Å². The topological polar surface area (TPSA) is 95.7 Å². The van der Waals surface area contributed by atoms with Gasteiger partial charge in [-0.2, -0.15) is 0 Å². The molecule has 2 atom stereocenters. The van der Waals surface area contributed by atoms with Crippen LogP contribution in [0, 0.1) is 5.92 Å². The first-order valence-electron chi connectivity index (χ1n) is 14.0. The standard InChI is InChI=1S/C32H34Cl2N4O3/c33-26-14-13-25(18-27(26)34)31(40)37-15-16-38(30(37)29(39)36-20-22-8-6-7-21(17-22)19-35)32(41)28(24-11-4-5-12-24)23-9-2-1-3-10-23/h1-3,6-10,13-14,17-18,24,28,30H,4-5,11-12,15-16,19-20,35H2,(H,36,39). The van der Waals surface area contributed by atoms with Gasteiger partial charge < -0.3 is 20.9 Å². The first kappa shape index (κ1) is 29.1. The van der Waals surface area contributed by atoms with Crippen LogP contribution in [0.2, 0.25) is 10.0 Å². The van der Waals surface area contributed by atoms with Crippen LogP contribution in [0.5, 0.6) is 0 Å². The highest BCUT2D eigenvalue weighted by Gasteiger charge is 2.46. The number of rotatable bonds is 8. The van der Waals surface area contributed by atoms with E-state index in [1.165, 1.54) is 11.0 Å². The van der Waals surface area contributed by atoms with Crippen molar-refractivity contribution in [1.29, 1.82) is 0 Å². The molecule has 41 heavy (non-hydrogen) atoms. The SMILES string of the molecule is NCc1cccc(CNC(=O)C2N(C(=O)c3ccc(Cl)c(Cl)c3)CCN2C(=O)C(c2ccccc2)C2CCCC2)c1. The summed E-state index contributed by atoms with van der Waals surface area (Å²) in [4.78, 5) is 45.0. The van der Waals surface area contributed by atoms with Crippen molar-refractivity contribution in [2.24, 2.45) is 11.7 Å². The van der Waals surface area contributed by atoms with E-state index in [9.17, 15) is 14.4 Å². The lowest BCUT2D eigenvalue weighted by atomic mass is 9.83. The van der Waals surface area contributed by atoms with E-state index in [2.05, 4.69) is 5.32 Å². The molecule has 0 spiro atoms. The molecule has 3 N–H and O–H groups in total. The molecule has 9 heteroatoms. The monoisotopic (exact) mass is 592 g/mol. The molecule has 2 unspecified atom stereocenters.